The lowest BCUT2D eigenvalue weighted by Crippen LogP contribution is -2.44. The first-order chi connectivity index (χ1) is 11.5. The van der Waals surface area contributed by atoms with Gasteiger partial charge in [-0.3, -0.25) is 4.79 Å². The Morgan fingerprint density at radius 2 is 2.29 bits per heavy atom. The van der Waals surface area contributed by atoms with E-state index in [1.165, 1.54) is 19.1 Å². The second-order valence-electron chi connectivity index (χ2n) is 6.61. The van der Waals surface area contributed by atoms with E-state index in [1.807, 2.05) is 0 Å². The van der Waals surface area contributed by atoms with E-state index < -0.39 is 5.60 Å². The van der Waals surface area contributed by atoms with Crippen LogP contribution in [0.3, 0.4) is 0 Å². The zero-order valence-corrected chi connectivity index (χ0v) is 14.3. The third-order valence-corrected chi connectivity index (χ3v) is 4.77. The summed E-state index contributed by atoms with van der Waals surface area (Å²) in [6, 6.07) is 4.61. The molecular formula is C18H28FN3O2. The van der Waals surface area contributed by atoms with Crippen LogP contribution < -0.4 is 16.4 Å². The third kappa shape index (κ3) is 4.75. The number of rotatable bonds is 7. The normalized spacial score (nSPS) is 20.4. The van der Waals surface area contributed by atoms with E-state index in [9.17, 15) is 14.3 Å². The number of halogens is 1. The minimum absolute atomic E-state index is 0.0102. The monoisotopic (exact) mass is 337 g/mol. The fourth-order valence-electron chi connectivity index (χ4n) is 3.48. The predicted molar refractivity (Wildman–Crippen MR) is 91.7 cm³/mol. The molecule has 0 unspecified atom stereocenters. The first-order valence-corrected chi connectivity index (χ1v) is 8.63. The molecule has 0 saturated carbocycles. The highest BCUT2D eigenvalue weighted by Crippen LogP contribution is 2.38. The number of piperidine rings is 1. The van der Waals surface area contributed by atoms with Gasteiger partial charge in [0.2, 0.25) is 5.91 Å². The smallest absolute Gasteiger partial charge is 0.216 e. The summed E-state index contributed by atoms with van der Waals surface area (Å²) in [6.07, 6.45) is 2.96. The van der Waals surface area contributed by atoms with Crippen molar-refractivity contribution >= 4 is 5.91 Å². The Hall–Kier alpha value is -1.50. The van der Waals surface area contributed by atoms with E-state index in [2.05, 4.69) is 10.6 Å². The third-order valence-electron chi connectivity index (χ3n) is 4.77. The van der Waals surface area contributed by atoms with Crippen LogP contribution in [0, 0.1) is 11.7 Å². The summed E-state index contributed by atoms with van der Waals surface area (Å²) in [5.74, 6) is -0.456. The number of hydrogen-bond donors (Lipinski definition) is 4. The molecule has 1 aliphatic heterocycles. The van der Waals surface area contributed by atoms with E-state index in [4.69, 9.17) is 5.73 Å². The molecule has 1 amide bonds. The lowest BCUT2D eigenvalue weighted by Gasteiger charge is -2.39. The Morgan fingerprint density at radius 3 is 2.92 bits per heavy atom. The summed E-state index contributed by atoms with van der Waals surface area (Å²) in [7, 11) is 0. The molecule has 1 heterocycles. The molecule has 24 heavy (non-hydrogen) atoms. The van der Waals surface area contributed by atoms with Crippen molar-refractivity contribution in [3.63, 3.8) is 0 Å². The SMILES string of the molecule is CC(=O)NCCC[C@@](O)(c1cc(F)cc(CN)c1)[C@@H]1CCCNC1. The maximum Gasteiger partial charge on any atom is 0.216 e. The van der Waals surface area contributed by atoms with Crippen LogP contribution in [-0.4, -0.2) is 30.6 Å². The molecule has 1 aliphatic rings. The molecule has 1 saturated heterocycles. The van der Waals surface area contributed by atoms with Gasteiger partial charge in [0.25, 0.3) is 0 Å². The zero-order valence-electron chi connectivity index (χ0n) is 14.3. The Morgan fingerprint density at radius 1 is 1.50 bits per heavy atom. The molecule has 1 aromatic rings. The van der Waals surface area contributed by atoms with Gasteiger partial charge in [0.1, 0.15) is 5.82 Å². The van der Waals surface area contributed by atoms with Crippen molar-refractivity contribution in [2.24, 2.45) is 11.7 Å². The Balaban J connectivity index is 2.23. The molecule has 0 aliphatic carbocycles. The molecule has 2 atom stereocenters. The quantitative estimate of drug-likeness (QED) is 0.566. The zero-order chi connectivity index (χ0) is 17.6. The van der Waals surface area contributed by atoms with Gasteiger partial charge < -0.3 is 21.5 Å². The summed E-state index contributed by atoms with van der Waals surface area (Å²) in [5.41, 5.74) is 5.79. The molecule has 0 aromatic heterocycles. The molecular weight excluding hydrogens is 309 g/mol. The van der Waals surface area contributed by atoms with Gasteiger partial charge in [-0.25, -0.2) is 4.39 Å². The van der Waals surface area contributed by atoms with E-state index >= 15 is 0 Å². The number of hydrogen-bond acceptors (Lipinski definition) is 4. The van der Waals surface area contributed by atoms with Gasteiger partial charge in [0, 0.05) is 32.5 Å². The van der Waals surface area contributed by atoms with Gasteiger partial charge >= 0.3 is 0 Å². The van der Waals surface area contributed by atoms with Gasteiger partial charge in [-0.05, 0) is 55.5 Å². The first kappa shape index (κ1) is 18.8. The molecule has 0 radical (unpaired) electrons. The van der Waals surface area contributed by atoms with Crippen LogP contribution in [0.25, 0.3) is 0 Å². The fourth-order valence-corrected chi connectivity index (χ4v) is 3.48. The molecule has 1 aromatic carbocycles. The number of nitrogens with two attached hydrogens (primary N) is 1. The predicted octanol–water partition coefficient (Wildman–Crippen LogP) is 1.39. The second-order valence-corrected chi connectivity index (χ2v) is 6.61. The van der Waals surface area contributed by atoms with Crippen LogP contribution in [0.1, 0.15) is 43.7 Å². The van der Waals surface area contributed by atoms with Crippen LogP contribution >= 0.6 is 0 Å². The molecule has 1 fully saturated rings. The highest BCUT2D eigenvalue weighted by molar-refractivity contribution is 5.72. The molecule has 5 N–H and O–H groups in total. The molecule has 0 bridgehead atoms. The fraction of sp³-hybridized carbons (Fsp3) is 0.611. The largest absolute Gasteiger partial charge is 0.385 e. The maximum absolute atomic E-state index is 14.0. The summed E-state index contributed by atoms with van der Waals surface area (Å²) in [6.45, 7) is 3.84. The molecule has 0 spiro atoms. The number of carbonyl (C=O) groups excluding carboxylic acids is 1. The van der Waals surface area contributed by atoms with Crippen LogP contribution in [0.2, 0.25) is 0 Å². The topological polar surface area (TPSA) is 87.4 Å². The molecule has 134 valence electrons. The maximum atomic E-state index is 14.0. The summed E-state index contributed by atoms with van der Waals surface area (Å²) in [5, 5.41) is 17.5. The molecule has 2 rings (SSSR count). The minimum atomic E-state index is -1.13. The first-order valence-electron chi connectivity index (χ1n) is 8.63. The lowest BCUT2D eigenvalue weighted by molar-refractivity contribution is -0.119. The standard InChI is InChI=1S/C18H28FN3O2/c1-13(23)22-7-3-5-18(24,15-4-2-6-21-12-15)16-8-14(11-20)9-17(19)10-16/h8-10,15,21,24H,2-7,11-12,20H2,1H3,(H,22,23)/t15-,18+/m1/s1. The molecule has 6 heteroatoms. The van der Waals surface area contributed by atoms with E-state index in [0.717, 1.165) is 19.4 Å². The van der Waals surface area contributed by atoms with Gasteiger partial charge in [0.05, 0.1) is 5.60 Å². The second kappa shape index (κ2) is 8.55. The number of benzene rings is 1. The molecule has 5 nitrogen and oxygen atoms in total. The Bertz CT molecular complexity index is 561. The highest BCUT2D eigenvalue weighted by Gasteiger charge is 2.39. The van der Waals surface area contributed by atoms with E-state index in [0.29, 0.717) is 37.1 Å². The van der Waals surface area contributed by atoms with E-state index in [-0.39, 0.29) is 24.2 Å². The number of carbonyl (C=O) groups is 1. The van der Waals surface area contributed by atoms with Crippen molar-refractivity contribution in [1.82, 2.24) is 10.6 Å². The van der Waals surface area contributed by atoms with Crippen molar-refractivity contribution in [3.8, 4) is 0 Å². The average molecular weight is 337 g/mol. The summed E-state index contributed by atoms with van der Waals surface area (Å²) < 4.78 is 14.0. The van der Waals surface area contributed by atoms with Crippen LogP contribution in [0.4, 0.5) is 4.39 Å². The van der Waals surface area contributed by atoms with Crippen molar-refractivity contribution in [2.45, 2.75) is 44.8 Å². The number of nitrogens with one attached hydrogen (secondary N) is 2. The van der Waals surface area contributed by atoms with Gasteiger partial charge in [-0.15, -0.1) is 0 Å². The van der Waals surface area contributed by atoms with Crippen molar-refractivity contribution in [3.05, 3.63) is 35.1 Å². The van der Waals surface area contributed by atoms with E-state index in [1.54, 1.807) is 6.07 Å². The van der Waals surface area contributed by atoms with Crippen LogP contribution in [0.15, 0.2) is 18.2 Å². The average Bonchev–Trinajstić information content (AvgIpc) is 2.58. The van der Waals surface area contributed by atoms with Crippen molar-refractivity contribution in [1.29, 1.82) is 0 Å². The van der Waals surface area contributed by atoms with Gasteiger partial charge in [0.15, 0.2) is 0 Å². The minimum Gasteiger partial charge on any atom is -0.385 e. The van der Waals surface area contributed by atoms with Crippen LogP contribution in [0.5, 0.6) is 0 Å². The van der Waals surface area contributed by atoms with Crippen molar-refractivity contribution < 1.29 is 14.3 Å². The Labute approximate surface area is 142 Å². The number of amides is 1. The van der Waals surface area contributed by atoms with Gasteiger partial charge in [-0.2, -0.15) is 0 Å². The summed E-state index contributed by atoms with van der Waals surface area (Å²) in [4.78, 5) is 11.0. The van der Waals surface area contributed by atoms with Crippen LogP contribution in [-0.2, 0) is 16.9 Å². The highest BCUT2D eigenvalue weighted by atomic mass is 19.1. The van der Waals surface area contributed by atoms with Gasteiger partial charge in [-0.1, -0.05) is 6.07 Å². The summed E-state index contributed by atoms with van der Waals surface area (Å²) >= 11 is 0. The van der Waals surface area contributed by atoms with Crippen molar-refractivity contribution in [2.75, 3.05) is 19.6 Å². The number of aliphatic hydroxyl groups is 1. The lowest BCUT2D eigenvalue weighted by atomic mass is 9.74. The Kier molecular flexibility index (Phi) is 6.71.